The summed E-state index contributed by atoms with van der Waals surface area (Å²) in [5, 5.41) is 23.5. The average molecular weight is 298 g/mol. The van der Waals surface area contributed by atoms with Crippen molar-refractivity contribution in [2.24, 2.45) is 5.14 Å². The highest BCUT2D eigenvalue weighted by molar-refractivity contribution is 7.89. The van der Waals surface area contributed by atoms with Crippen LogP contribution in [-0.4, -0.2) is 29.3 Å². The fourth-order valence-electron chi connectivity index (χ4n) is 1.41. The number of nitrogens with two attached hydrogens (primary N) is 1. The van der Waals surface area contributed by atoms with Gasteiger partial charge < -0.3 is 15.1 Å². The van der Waals surface area contributed by atoms with Crippen molar-refractivity contribution in [3.05, 3.63) is 42.0 Å². The van der Waals surface area contributed by atoms with E-state index >= 15 is 0 Å². The molecule has 20 heavy (non-hydrogen) atoms. The summed E-state index contributed by atoms with van der Waals surface area (Å²) in [5.41, 5.74) is 0.0184. The van der Waals surface area contributed by atoms with E-state index in [0.29, 0.717) is 4.73 Å². The van der Waals surface area contributed by atoms with Crippen molar-refractivity contribution in [1.29, 1.82) is 0 Å². The van der Waals surface area contributed by atoms with E-state index in [-0.39, 0.29) is 10.5 Å². The van der Waals surface area contributed by atoms with E-state index in [0.717, 1.165) is 24.3 Å². The molecule has 0 saturated carbocycles. The second-order valence-electron chi connectivity index (χ2n) is 3.79. The molecule has 0 fully saturated rings. The first-order valence-corrected chi connectivity index (χ1v) is 6.79. The zero-order valence-corrected chi connectivity index (χ0v) is 10.7. The van der Waals surface area contributed by atoms with Crippen LogP contribution in [0.15, 0.2) is 41.3 Å². The van der Waals surface area contributed by atoms with Crippen LogP contribution in [0.1, 0.15) is 10.4 Å². The molecular weight excluding hydrogens is 288 g/mol. The van der Waals surface area contributed by atoms with E-state index in [1.807, 2.05) is 0 Å². The minimum Gasteiger partial charge on any atom is -0.492 e. The Bertz CT molecular complexity index is 728. The third kappa shape index (κ3) is 2.73. The van der Waals surface area contributed by atoms with E-state index in [2.05, 4.69) is 0 Å². The summed E-state index contributed by atoms with van der Waals surface area (Å²) in [6, 6.07) is 6.93. The lowest BCUT2D eigenvalue weighted by molar-refractivity contribution is 0.0381. The molecule has 0 amide bonds. The normalized spacial score (nSPS) is 11.2. The predicted molar refractivity (Wildman–Crippen MR) is 66.5 cm³/mol. The van der Waals surface area contributed by atoms with Crippen molar-refractivity contribution < 1.29 is 28.3 Å². The summed E-state index contributed by atoms with van der Waals surface area (Å²) in [5.74, 6) is -1.82. The Hall–Kier alpha value is -2.52. The van der Waals surface area contributed by atoms with Crippen LogP contribution >= 0.6 is 0 Å². The number of hydrogen-bond donors (Lipinski definition) is 3. The van der Waals surface area contributed by atoms with Crippen LogP contribution in [-0.2, 0) is 10.0 Å². The number of hydrogen-bond acceptors (Lipinski definition) is 6. The van der Waals surface area contributed by atoms with Gasteiger partial charge >= 0.3 is 5.97 Å². The summed E-state index contributed by atoms with van der Waals surface area (Å²) in [6.07, 6.45) is 0. The Balaban J connectivity index is 2.22. The van der Waals surface area contributed by atoms with Crippen molar-refractivity contribution in [2.45, 2.75) is 4.90 Å². The van der Waals surface area contributed by atoms with Crippen LogP contribution in [0.2, 0.25) is 0 Å². The first-order chi connectivity index (χ1) is 9.29. The first-order valence-electron chi connectivity index (χ1n) is 5.24. The summed E-state index contributed by atoms with van der Waals surface area (Å²) < 4.78 is 22.6. The second-order valence-corrected chi connectivity index (χ2v) is 5.35. The minimum atomic E-state index is -3.85. The van der Waals surface area contributed by atoms with Crippen molar-refractivity contribution in [2.75, 3.05) is 0 Å². The average Bonchev–Trinajstić information content (AvgIpc) is 2.69. The van der Waals surface area contributed by atoms with Crippen LogP contribution in [0.4, 0.5) is 0 Å². The Labute approximate surface area is 113 Å². The van der Waals surface area contributed by atoms with Gasteiger partial charge in [-0.25, -0.2) is 18.4 Å². The van der Waals surface area contributed by atoms with Crippen LogP contribution in [0.25, 0.3) is 0 Å². The Kier molecular flexibility index (Phi) is 3.38. The van der Waals surface area contributed by atoms with E-state index < -0.39 is 27.8 Å². The molecule has 1 heterocycles. The molecule has 0 bridgehead atoms. The summed E-state index contributed by atoms with van der Waals surface area (Å²) >= 11 is 0. The SMILES string of the molecule is NS(=O)(=O)c1ccc(C(=O)On2c(O)ccc2O)cc1. The number of aromatic hydroxyl groups is 2. The standard InChI is InChI=1S/C11H10N2O6S/c12-20(17,18)8-3-1-7(2-4-8)11(16)19-13-9(14)5-6-10(13)15/h1-6,14-15H,(H2,12,17,18). The van der Waals surface area contributed by atoms with E-state index in [1.54, 1.807) is 0 Å². The number of benzene rings is 1. The maximum atomic E-state index is 11.7. The minimum absolute atomic E-state index is 0.0184. The number of nitrogens with zero attached hydrogens (tertiary/aromatic N) is 1. The number of rotatable bonds is 3. The molecule has 1 aromatic heterocycles. The molecule has 8 nitrogen and oxygen atoms in total. The molecule has 4 N–H and O–H groups in total. The third-order valence-corrected chi connectivity index (χ3v) is 3.32. The van der Waals surface area contributed by atoms with Crippen LogP contribution in [0.5, 0.6) is 11.8 Å². The van der Waals surface area contributed by atoms with Gasteiger partial charge in [-0.05, 0) is 24.3 Å². The highest BCUT2D eigenvalue weighted by Crippen LogP contribution is 2.19. The highest BCUT2D eigenvalue weighted by Gasteiger charge is 2.15. The fraction of sp³-hybridized carbons (Fsp3) is 0. The molecular formula is C11H10N2O6S. The molecule has 0 aliphatic heterocycles. The van der Waals surface area contributed by atoms with Gasteiger partial charge in [0.05, 0.1) is 10.5 Å². The lowest BCUT2D eigenvalue weighted by Crippen LogP contribution is -2.19. The molecule has 106 valence electrons. The van der Waals surface area contributed by atoms with E-state index in [4.69, 9.17) is 9.98 Å². The van der Waals surface area contributed by atoms with Crippen LogP contribution in [0.3, 0.4) is 0 Å². The highest BCUT2D eigenvalue weighted by atomic mass is 32.2. The molecule has 9 heteroatoms. The van der Waals surface area contributed by atoms with Crippen molar-refractivity contribution in [3.63, 3.8) is 0 Å². The van der Waals surface area contributed by atoms with E-state index in [1.165, 1.54) is 12.1 Å². The van der Waals surface area contributed by atoms with Gasteiger partial charge in [0.1, 0.15) is 0 Å². The summed E-state index contributed by atoms with van der Waals surface area (Å²) in [7, 11) is -3.85. The monoisotopic (exact) mass is 298 g/mol. The van der Waals surface area contributed by atoms with Crippen molar-refractivity contribution in [3.8, 4) is 11.8 Å². The molecule has 1 aromatic carbocycles. The van der Waals surface area contributed by atoms with Crippen molar-refractivity contribution in [1.82, 2.24) is 4.73 Å². The number of primary sulfonamides is 1. The van der Waals surface area contributed by atoms with Gasteiger partial charge in [0.2, 0.25) is 21.8 Å². The molecule has 0 atom stereocenters. The molecule has 0 radical (unpaired) electrons. The van der Waals surface area contributed by atoms with Gasteiger partial charge in [0.25, 0.3) is 0 Å². The molecule has 2 aromatic rings. The fourth-order valence-corrected chi connectivity index (χ4v) is 1.93. The Morgan fingerprint density at radius 3 is 2.00 bits per heavy atom. The van der Waals surface area contributed by atoms with Gasteiger partial charge in [-0.15, -0.1) is 4.73 Å². The molecule has 0 aliphatic rings. The van der Waals surface area contributed by atoms with Gasteiger partial charge in [-0.1, -0.05) is 0 Å². The molecule has 0 unspecified atom stereocenters. The number of sulfonamides is 1. The summed E-state index contributed by atoms with van der Waals surface area (Å²) in [4.78, 5) is 16.3. The van der Waals surface area contributed by atoms with E-state index in [9.17, 15) is 23.4 Å². The number of carbonyl (C=O) groups is 1. The van der Waals surface area contributed by atoms with Crippen LogP contribution in [0, 0.1) is 0 Å². The number of carbonyl (C=O) groups excluding carboxylic acids is 1. The zero-order valence-electron chi connectivity index (χ0n) is 9.92. The van der Waals surface area contributed by atoms with Gasteiger partial charge in [-0.2, -0.15) is 0 Å². The zero-order chi connectivity index (χ0) is 14.9. The van der Waals surface area contributed by atoms with Crippen molar-refractivity contribution >= 4 is 16.0 Å². The maximum Gasteiger partial charge on any atom is 0.363 e. The van der Waals surface area contributed by atoms with Gasteiger partial charge in [0, 0.05) is 12.1 Å². The Morgan fingerprint density at radius 2 is 1.55 bits per heavy atom. The number of aromatic nitrogens is 1. The topological polar surface area (TPSA) is 132 Å². The third-order valence-electron chi connectivity index (χ3n) is 2.39. The smallest absolute Gasteiger partial charge is 0.363 e. The summed E-state index contributed by atoms with van der Waals surface area (Å²) in [6.45, 7) is 0. The van der Waals surface area contributed by atoms with Gasteiger partial charge in [-0.3, -0.25) is 0 Å². The quantitative estimate of drug-likeness (QED) is 0.720. The molecule has 0 aliphatic carbocycles. The molecule has 2 rings (SSSR count). The Morgan fingerprint density at radius 1 is 1.05 bits per heavy atom. The predicted octanol–water partition coefficient (Wildman–Crippen LogP) is -0.184. The maximum absolute atomic E-state index is 11.7. The van der Waals surface area contributed by atoms with Gasteiger partial charge in [0.15, 0.2) is 0 Å². The largest absolute Gasteiger partial charge is 0.492 e. The lowest BCUT2D eigenvalue weighted by Gasteiger charge is -2.07. The first kappa shape index (κ1) is 13.9. The second kappa shape index (κ2) is 4.87. The molecule has 0 spiro atoms. The van der Waals surface area contributed by atoms with Crippen LogP contribution < -0.4 is 9.98 Å². The molecule has 0 saturated heterocycles. The lowest BCUT2D eigenvalue weighted by atomic mass is 10.2.